The van der Waals surface area contributed by atoms with E-state index in [2.05, 4.69) is 15.9 Å². The standard InChI is InChI=1S/C11H5BrFNO4/c12-8-4-9(13)10(14(16)17)3-7(8)11-2-1-6(5-15)18-11/h1-5H. The van der Waals surface area contributed by atoms with Crippen LogP contribution in [0, 0.1) is 15.9 Å². The van der Waals surface area contributed by atoms with Crippen LogP contribution in [-0.4, -0.2) is 11.2 Å². The molecule has 0 saturated carbocycles. The Morgan fingerprint density at radius 1 is 1.39 bits per heavy atom. The van der Waals surface area contributed by atoms with Gasteiger partial charge in [-0.2, -0.15) is 4.39 Å². The van der Waals surface area contributed by atoms with Crippen molar-refractivity contribution in [1.29, 1.82) is 0 Å². The summed E-state index contributed by atoms with van der Waals surface area (Å²) >= 11 is 3.09. The van der Waals surface area contributed by atoms with E-state index in [9.17, 15) is 19.3 Å². The third-order valence-electron chi connectivity index (χ3n) is 2.24. The van der Waals surface area contributed by atoms with Crippen molar-refractivity contribution in [2.45, 2.75) is 0 Å². The zero-order chi connectivity index (χ0) is 13.3. The molecule has 0 radical (unpaired) electrons. The van der Waals surface area contributed by atoms with Gasteiger partial charge in [-0.25, -0.2) is 0 Å². The molecule has 0 fully saturated rings. The summed E-state index contributed by atoms with van der Waals surface area (Å²) in [4.78, 5) is 20.3. The van der Waals surface area contributed by atoms with Crippen molar-refractivity contribution < 1.29 is 18.5 Å². The summed E-state index contributed by atoms with van der Waals surface area (Å²) in [5.74, 6) is -0.617. The van der Waals surface area contributed by atoms with Crippen molar-refractivity contribution in [3.63, 3.8) is 0 Å². The van der Waals surface area contributed by atoms with Crippen molar-refractivity contribution in [2.75, 3.05) is 0 Å². The topological polar surface area (TPSA) is 73.3 Å². The Labute approximate surface area is 108 Å². The highest BCUT2D eigenvalue weighted by atomic mass is 79.9. The third kappa shape index (κ3) is 2.17. The molecular formula is C11H5BrFNO4. The fraction of sp³-hybridized carbons (Fsp3) is 0. The second-order valence-electron chi connectivity index (χ2n) is 3.36. The van der Waals surface area contributed by atoms with E-state index in [-0.39, 0.29) is 11.5 Å². The van der Waals surface area contributed by atoms with Crippen LogP contribution in [0.15, 0.2) is 33.2 Å². The fourth-order valence-corrected chi connectivity index (χ4v) is 1.94. The number of nitrogens with zero attached hydrogens (tertiary/aromatic N) is 1. The summed E-state index contributed by atoms with van der Waals surface area (Å²) in [6.07, 6.45) is 0.509. The monoisotopic (exact) mass is 313 g/mol. The molecule has 5 nitrogen and oxygen atoms in total. The van der Waals surface area contributed by atoms with E-state index in [1.165, 1.54) is 12.1 Å². The zero-order valence-electron chi connectivity index (χ0n) is 8.72. The highest BCUT2D eigenvalue weighted by molar-refractivity contribution is 9.10. The first-order valence-electron chi connectivity index (χ1n) is 4.71. The number of hydrogen-bond donors (Lipinski definition) is 0. The molecule has 1 heterocycles. The van der Waals surface area contributed by atoms with Crippen LogP contribution >= 0.6 is 15.9 Å². The lowest BCUT2D eigenvalue weighted by molar-refractivity contribution is -0.387. The molecule has 0 aliphatic rings. The molecule has 7 heteroatoms. The molecule has 1 aromatic carbocycles. The third-order valence-corrected chi connectivity index (χ3v) is 2.90. The van der Waals surface area contributed by atoms with Gasteiger partial charge in [0.05, 0.1) is 4.92 Å². The number of aldehydes is 1. The fourth-order valence-electron chi connectivity index (χ4n) is 1.43. The summed E-state index contributed by atoms with van der Waals surface area (Å²) in [5, 5.41) is 10.6. The number of nitro groups is 1. The molecule has 2 aromatic rings. The maximum Gasteiger partial charge on any atom is 0.305 e. The van der Waals surface area contributed by atoms with Gasteiger partial charge in [0.2, 0.25) is 5.82 Å². The molecule has 0 aliphatic carbocycles. The van der Waals surface area contributed by atoms with E-state index in [1.54, 1.807) is 0 Å². The molecule has 0 bridgehead atoms. The number of carbonyl (C=O) groups excluding carboxylic acids is 1. The maximum absolute atomic E-state index is 13.3. The van der Waals surface area contributed by atoms with Crippen molar-refractivity contribution in [3.8, 4) is 11.3 Å². The molecule has 92 valence electrons. The van der Waals surface area contributed by atoms with E-state index in [4.69, 9.17) is 4.42 Å². The minimum Gasteiger partial charge on any atom is -0.453 e. The second-order valence-corrected chi connectivity index (χ2v) is 4.21. The molecule has 0 aliphatic heterocycles. The molecule has 2 rings (SSSR count). The van der Waals surface area contributed by atoms with Crippen molar-refractivity contribution in [3.05, 3.63) is 50.4 Å². The van der Waals surface area contributed by atoms with E-state index in [1.807, 2.05) is 0 Å². The summed E-state index contributed by atoms with van der Waals surface area (Å²) in [6.45, 7) is 0. The minimum absolute atomic E-state index is 0.0869. The Hall–Kier alpha value is -2.02. The van der Waals surface area contributed by atoms with Crippen LogP contribution in [0.25, 0.3) is 11.3 Å². The van der Waals surface area contributed by atoms with Gasteiger partial charge in [0, 0.05) is 16.1 Å². The van der Waals surface area contributed by atoms with Gasteiger partial charge in [-0.05, 0) is 34.1 Å². The number of benzene rings is 1. The zero-order valence-corrected chi connectivity index (χ0v) is 10.3. The predicted octanol–water partition coefficient (Wildman–Crippen LogP) is 3.57. The first-order valence-corrected chi connectivity index (χ1v) is 5.51. The molecule has 0 N–H and O–H groups in total. The van der Waals surface area contributed by atoms with Gasteiger partial charge >= 0.3 is 5.69 Å². The van der Waals surface area contributed by atoms with Crippen LogP contribution in [0.3, 0.4) is 0 Å². The number of nitro benzene ring substituents is 1. The summed E-state index contributed by atoms with van der Waals surface area (Å²) in [7, 11) is 0. The summed E-state index contributed by atoms with van der Waals surface area (Å²) in [6, 6.07) is 4.93. The Morgan fingerprint density at radius 2 is 2.11 bits per heavy atom. The Balaban J connectivity index is 2.59. The molecule has 1 aromatic heterocycles. The van der Waals surface area contributed by atoms with Crippen molar-refractivity contribution >= 4 is 27.9 Å². The van der Waals surface area contributed by atoms with Gasteiger partial charge in [-0.15, -0.1) is 0 Å². The molecule has 0 amide bonds. The molecule has 0 atom stereocenters. The molecular weight excluding hydrogens is 309 g/mol. The number of halogens is 2. The van der Waals surface area contributed by atoms with E-state index in [0.29, 0.717) is 16.3 Å². The Morgan fingerprint density at radius 3 is 2.67 bits per heavy atom. The van der Waals surface area contributed by atoms with E-state index >= 15 is 0 Å². The SMILES string of the molecule is O=Cc1ccc(-c2cc([N+](=O)[O-])c(F)cc2Br)o1. The lowest BCUT2D eigenvalue weighted by Gasteiger charge is -2.02. The average Bonchev–Trinajstić information content (AvgIpc) is 2.77. The Bertz CT molecular complexity index is 638. The number of furan rings is 1. The molecule has 0 saturated heterocycles. The largest absolute Gasteiger partial charge is 0.453 e. The van der Waals surface area contributed by atoms with Gasteiger partial charge in [0.15, 0.2) is 12.0 Å². The van der Waals surface area contributed by atoms with Gasteiger partial charge in [-0.3, -0.25) is 14.9 Å². The minimum atomic E-state index is -0.946. The molecule has 0 unspecified atom stereocenters. The van der Waals surface area contributed by atoms with Crippen LogP contribution in [-0.2, 0) is 0 Å². The lowest BCUT2D eigenvalue weighted by atomic mass is 10.1. The van der Waals surface area contributed by atoms with Crippen LogP contribution in [0.5, 0.6) is 0 Å². The van der Waals surface area contributed by atoms with Crippen LogP contribution in [0.2, 0.25) is 0 Å². The van der Waals surface area contributed by atoms with Crippen LogP contribution in [0.1, 0.15) is 10.6 Å². The van der Waals surface area contributed by atoms with Gasteiger partial charge in [0.25, 0.3) is 0 Å². The smallest absolute Gasteiger partial charge is 0.305 e. The first-order chi connectivity index (χ1) is 8.52. The van der Waals surface area contributed by atoms with Crippen molar-refractivity contribution in [1.82, 2.24) is 0 Å². The van der Waals surface area contributed by atoms with Gasteiger partial charge < -0.3 is 4.42 Å². The van der Waals surface area contributed by atoms with E-state index in [0.717, 1.165) is 12.1 Å². The average molecular weight is 314 g/mol. The highest BCUT2D eigenvalue weighted by Crippen LogP contribution is 2.34. The number of carbonyl (C=O) groups is 1. The van der Waals surface area contributed by atoms with Crippen molar-refractivity contribution in [2.24, 2.45) is 0 Å². The quantitative estimate of drug-likeness (QED) is 0.493. The molecule has 0 spiro atoms. The predicted molar refractivity (Wildman–Crippen MR) is 63.8 cm³/mol. The number of hydrogen-bond acceptors (Lipinski definition) is 4. The maximum atomic E-state index is 13.3. The van der Waals surface area contributed by atoms with Crippen LogP contribution < -0.4 is 0 Å². The van der Waals surface area contributed by atoms with Gasteiger partial charge in [0.1, 0.15) is 5.76 Å². The van der Waals surface area contributed by atoms with Crippen LogP contribution in [0.4, 0.5) is 10.1 Å². The normalized spacial score (nSPS) is 10.3. The van der Waals surface area contributed by atoms with E-state index < -0.39 is 16.4 Å². The highest BCUT2D eigenvalue weighted by Gasteiger charge is 2.19. The van der Waals surface area contributed by atoms with Gasteiger partial charge in [-0.1, -0.05) is 0 Å². The first kappa shape index (κ1) is 12.4. The number of rotatable bonds is 3. The summed E-state index contributed by atoms with van der Waals surface area (Å²) < 4.78 is 18.7. The Kier molecular flexibility index (Phi) is 3.24. The second kappa shape index (κ2) is 4.69. The molecule has 18 heavy (non-hydrogen) atoms. The lowest BCUT2D eigenvalue weighted by Crippen LogP contribution is -1.93. The summed E-state index contributed by atoms with van der Waals surface area (Å²) in [5.41, 5.74) is -0.353.